The third kappa shape index (κ3) is 3.69. The fourth-order valence-corrected chi connectivity index (χ4v) is 5.29. The number of piperazine rings is 1. The van der Waals surface area contributed by atoms with Crippen molar-refractivity contribution in [2.24, 2.45) is 5.84 Å². The molecule has 1 aromatic heterocycles. The normalized spacial score (nSPS) is 21.7. The highest BCUT2D eigenvalue weighted by Gasteiger charge is 2.44. The van der Waals surface area contributed by atoms with E-state index >= 15 is 0 Å². The van der Waals surface area contributed by atoms with Crippen LogP contribution in [0.5, 0.6) is 5.75 Å². The predicted octanol–water partition coefficient (Wildman–Crippen LogP) is 1.28. The molecule has 10 heteroatoms. The summed E-state index contributed by atoms with van der Waals surface area (Å²) in [5.74, 6) is 5.15. The second-order valence-corrected chi connectivity index (χ2v) is 8.75. The van der Waals surface area contributed by atoms with Gasteiger partial charge in [0.05, 0.1) is 23.3 Å². The number of benzene rings is 1. The molecule has 5 rings (SSSR count). The van der Waals surface area contributed by atoms with E-state index in [9.17, 15) is 14.5 Å². The number of fused-ring (bicyclic) bond motifs is 3. The van der Waals surface area contributed by atoms with Crippen molar-refractivity contribution in [2.75, 3.05) is 38.2 Å². The molecule has 3 heterocycles. The minimum atomic E-state index is -0.650. The number of carbonyl (C=O) groups is 2. The molecular formula is C24H27N6O4+. The van der Waals surface area contributed by atoms with Gasteiger partial charge in [-0.05, 0) is 37.1 Å². The third-order valence-electron chi connectivity index (χ3n) is 6.84. The summed E-state index contributed by atoms with van der Waals surface area (Å²) >= 11 is 0. The molecule has 176 valence electrons. The van der Waals surface area contributed by atoms with E-state index in [1.54, 1.807) is 13.2 Å². The maximum absolute atomic E-state index is 12.9. The van der Waals surface area contributed by atoms with E-state index in [0.717, 1.165) is 43.9 Å². The van der Waals surface area contributed by atoms with Crippen LogP contribution >= 0.6 is 0 Å². The van der Waals surface area contributed by atoms with Crippen LogP contribution in [0.1, 0.15) is 33.7 Å². The fourth-order valence-electron chi connectivity index (χ4n) is 5.29. The largest absolute Gasteiger partial charge is 0.495 e. The number of anilines is 1. The lowest BCUT2D eigenvalue weighted by Gasteiger charge is -2.36. The Morgan fingerprint density at radius 1 is 1.15 bits per heavy atom. The monoisotopic (exact) mass is 463 g/mol. The number of pyridine rings is 1. The Labute approximate surface area is 196 Å². The first-order valence-electron chi connectivity index (χ1n) is 11.4. The zero-order valence-electron chi connectivity index (χ0n) is 18.9. The summed E-state index contributed by atoms with van der Waals surface area (Å²) in [4.78, 5) is 46.2. The maximum atomic E-state index is 12.9. The first kappa shape index (κ1) is 22.0. The molecule has 2 bridgehead atoms. The van der Waals surface area contributed by atoms with E-state index < -0.39 is 17.3 Å². The van der Waals surface area contributed by atoms with Gasteiger partial charge in [-0.15, -0.1) is 0 Å². The third-order valence-corrected chi connectivity index (χ3v) is 6.84. The molecule has 34 heavy (non-hydrogen) atoms. The number of ether oxygens (including phenoxy) is 1. The summed E-state index contributed by atoms with van der Waals surface area (Å²) < 4.78 is 5.54. The molecule has 2 aliphatic heterocycles. The number of Topliss-reactive ketones (excluding diaryl/α,β-unsaturated/α-hetero) is 2. The molecule has 0 saturated carbocycles. The average Bonchev–Trinajstić information content (AvgIpc) is 3.45. The second-order valence-electron chi connectivity index (χ2n) is 8.75. The minimum Gasteiger partial charge on any atom is -0.495 e. The Bertz CT molecular complexity index is 1200. The lowest BCUT2D eigenvalue weighted by Crippen LogP contribution is -2.47. The molecule has 1 aromatic carbocycles. The Balaban J connectivity index is 1.19. The molecule has 2 fully saturated rings. The number of likely N-dealkylation sites (tertiary alicyclic amines) is 1. The molecule has 0 spiro atoms. The first-order chi connectivity index (χ1) is 16.5. The number of allylic oxidation sites excluding steroid dienone is 2. The van der Waals surface area contributed by atoms with Gasteiger partial charge >= 0.3 is 5.70 Å². The maximum Gasteiger partial charge on any atom is 0.367 e. The quantitative estimate of drug-likeness (QED) is 0.258. The summed E-state index contributed by atoms with van der Waals surface area (Å²) in [7, 11) is 1.70. The summed E-state index contributed by atoms with van der Waals surface area (Å²) in [5, 5.41) is 3.00. The van der Waals surface area contributed by atoms with Crippen molar-refractivity contribution in [3.05, 3.63) is 70.2 Å². The molecule has 3 aliphatic rings. The summed E-state index contributed by atoms with van der Waals surface area (Å²) in [6, 6.07) is 12.1. The topological polar surface area (TPSA) is 121 Å². The van der Waals surface area contributed by atoms with Gasteiger partial charge in [-0.1, -0.05) is 12.1 Å². The summed E-state index contributed by atoms with van der Waals surface area (Å²) in [6.07, 6.45) is 3.26. The Morgan fingerprint density at radius 3 is 2.71 bits per heavy atom. The lowest BCUT2D eigenvalue weighted by molar-refractivity contribution is -0.504. The van der Waals surface area contributed by atoms with Crippen LogP contribution in [-0.2, 0) is 0 Å². The van der Waals surface area contributed by atoms with Crippen molar-refractivity contribution in [1.82, 2.24) is 15.2 Å². The van der Waals surface area contributed by atoms with Crippen molar-refractivity contribution < 1.29 is 19.2 Å². The van der Waals surface area contributed by atoms with E-state index in [4.69, 9.17) is 10.6 Å². The number of rotatable bonds is 8. The SMILES string of the molecule is COc1ccccc1N1CC2CC1CN2CCCNC1=C([N+](N)=O)C(=O)c2ncccc2C1=O. The number of nitrogens with two attached hydrogens (primary N) is 1. The van der Waals surface area contributed by atoms with Crippen LogP contribution in [0.3, 0.4) is 0 Å². The van der Waals surface area contributed by atoms with E-state index in [0.29, 0.717) is 18.6 Å². The highest BCUT2D eigenvalue weighted by molar-refractivity contribution is 6.24. The van der Waals surface area contributed by atoms with Gasteiger partial charge < -0.3 is 15.0 Å². The molecular weight excluding hydrogens is 436 g/mol. The second kappa shape index (κ2) is 8.86. The van der Waals surface area contributed by atoms with Crippen LogP contribution in [-0.4, -0.2) is 71.7 Å². The van der Waals surface area contributed by atoms with Crippen molar-refractivity contribution >= 4 is 17.3 Å². The lowest BCUT2D eigenvalue weighted by atomic mass is 9.94. The molecule has 1 aliphatic carbocycles. The van der Waals surface area contributed by atoms with Gasteiger partial charge in [0.15, 0.2) is 10.6 Å². The minimum absolute atomic E-state index is 0.0490. The van der Waals surface area contributed by atoms with Crippen LogP contribution in [0.15, 0.2) is 54.0 Å². The van der Waals surface area contributed by atoms with Gasteiger partial charge in [0.2, 0.25) is 5.78 Å². The molecule has 2 unspecified atom stereocenters. The molecule has 3 N–H and O–H groups in total. The summed E-state index contributed by atoms with van der Waals surface area (Å²) in [6.45, 7) is 3.19. The van der Waals surface area contributed by atoms with Crippen molar-refractivity contribution in [2.45, 2.75) is 24.9 Å². The molecule has 2 aromatic rings. The number of nitroso groups, excluding NO2 is 1. The number of hydrogen-bond donors (Lipinski definition) is 2. The smallest absolute Gasteiger partial charge is 0.367 e. The van der Waals surface area contributed by atoms with E-state index in [2.05, 4.69) is 26.2 Å². The predicted molar refractivity (Wildman–Crippen MR) is 124 cm³/mol. The highest BCUT2D eigenvalue weighted by atomic mass is 16.5. The van der Waals surface area contributed by atoms with Crippen molar-refractivity contribution in [3.63, 3.8) is 0 Å². The number of para-hydroxylation sites is 2. The Morgan fingerprint density at radius 2 is 1.97 bits per heavy atom. The van der Waals surface area contributed by atoms with Gasteiger partial charge in [0, 0.05) is 44.5 Å². The number of carbonyl (C=O) groups excluding carboxylic acids is 2. The molecule has 2 saturated heterocycles. The van der Waals surface area contributed by atoms with Crippen LogP contribution in [0.25, 0.3) is 0 Å². The summed E-state index contributed by atoms with van der Waals surface area (Å²) in [5.41, 5.74) is 0.801. The van der Waals surface area contributed by atoms with Crippen molar-refractivity contribution in [1.29, 1.82) is 0 Å². The number of hydrazine groups is 1. The van der Waals surface area contributed by atoms with E-state index in [1.165, 1.54) is 12.3 Å². The Kier molecular flexibility index (Phi) is 5.74. The van der Waals surface area contributed by atoms with Gasteiger partial charge in [0.25, 0.3) is 5.78 Å². The number of ketones is 2. The number of methoxy groups -OCH3 is 1. The van der Waals surface area contributed by atoms with E-state index in [1.807, 2.05) is 18.2 Å². The fraction of sp³-hybridized carbons (Fsp3) is 0.375. The van der Waals surface area contributed by atoms with Gasteiger partial charge in [-0.3, -0.25) is 19.5 Å². The molecule has 0 radical (unpaired) electrons. The van der Waals surface area contributed by atoms with Crippen LogP contribution in [0.2, 0.25) is 0 Å². The van der Waals surface area contributed by atoms with Crippen molar-refractivity contribution in [3.8, 4) is 5.75 Å². The zero-order valence-corrected chi connectivity index (χ0v) is 18.9. The average molecular weight is 464 g/mol. The van der Waals surface area contributed by atoms with Gasteiger partial charge in [-0.2, -0.15) is 5.84 Å². The standard InChI is InChI=1S/C24H26N6O4/c1-34-19-8-3-2-7-18(19)29-14-15-12-16(29)13-28(15)11-5-10-27-21-22(30(25)33)24(32)20-17(23(21)31)6-4-9-26-20/h2-4,6-9,15-16H,5,10-14H2,1H3,(H2-,25,27,32,33)/p+1. The van der Waals surface area contributed by atoms with Gasteiger partial charge in [-0.25, -0.2) is 0 Å². The number of hydrogen-bond acceptors (Lipinski definition) is 8. The molecule has 2 atom stereocenters. The van der Waals surface area contributed by atoms with Gasteiger partial charge in [0.1, 0.15) is 11.4 Å². The molecule has 0 amide bonds. The number of aromatic nitrogens is 1. The van der Waals surface area contributed by atoms with Crippen LogP contribution < -0.4 is 20.8 Å². The number of nitrogens with one attached hydrogen (secondary N) is 1. The zero-order chi connectivity index (χ0) is 23.8. The van der Waals surface area contributed by atoms with Crippen LogP contribution in [0.4, 0.5) is 5.69 Å². The first-order valence-corrected chi connectivity index (χ1v) is 11.4. The highest BCUT2D eigenvalue weighted by Crippen LogP contribution is 2.38. The van der Waals surface area contributed by atoms with Crippen LogP contribution in [0, 0.1) is 4.91 Å². The van der Waals surface area contributed by atoms with E-state index in [-0.39, 0.29) is 21.8 Å². The number of nitrogens with zero attached hydrogens (tertiary/aromatic N) is 4. The Hall–Kier alpha value is -3.79. The molecule has 10 nitrogen and oxygen atoms in total.